The number of halogens is 2. The summed E-state index contributed by atoms with van der Waals surface area (Å²) in [4.78, 5) is 2.02. The molecule has 0 aliphatic heterocycles. The molecule has 0 saturated carbocycles. The standard InChI is InChI=1S/C15H16BrFN2/c1-19(13-5-6-15(18)14(17)10-13)8-7-11-3-2-4-12(16)9-11/h2-6,9-10H,7-8,18H2,1H3. The predicted molar refractivity (Wildman–Crippen MR) is 81.9 cm³/mol. The van der Waals surface area contributed by atoms with E-state index in [0.29, 0.717) is 0 Å². The number of hydrogen-bond acceptors (Lipinski definition) is 2. The fraction of sp³-hybridized carbons (Fsp3) is 0.200. The molecule has 0 aromatic heterocycles. The van der Waals surface area contributed by atoms with Crippen LogP contribution in [0.1, 0.15) is 5.56 Å². The molecule has 2 N–H and O–H groups in total. The van der Waals surface area contributed by atoms with Crippen LogP contribution in [-0.2, 0) is 6.42 Å². The number of anilines is 2. The molecule has 0 saturated heterocycles. The van der Waals surface area contributed by atoms with E-state index in [1.165, 1.54) is 11.6 Å². The zero-order valence-electron chi connectivity index (χ0n) is 10.7. The van der Waals surface area contributed by atoms with Crippen molar-refractivity contribution in [2.45, 2.75) is 6.42 Å². The van der Waals surface area contributed by atoms with Crippen molar-refractivity contribution in [3.05, 3.63) is 58.3 Å². The third kappa shape index (κ3) is 3.70. The molecule has 0 aliphatic carbocycles. The molecular formula is C15H16BrFN2. The number of nitrogens with two attached hydrogens (primary N) is 1. The highest BCUT2D eigenvalue weighted by Crippen LogP contribution is 2.19. The molecule has 0 fully saturated rings. The van der Waals surface area contributed by atoms with E-state index in [2.05, 4.69) is 28.1 Å². The minimum absolute atomic E-state index is 0.184. The second-order valence-electron chi connectivity index (χ2n) is 4.51. The highest BCUT2D eigenvalue weighted by atomic mass is 79.9. The second-order valence-corrected chi connectivity index (χ2v) is 5.42. The molecule has 2 rings (SSSR count). The highest BCUT2D eigenvalue weighted by Gasteiger charge is 2.05. The Labute approximate surface area is 121 Å². The van der Waals surface area contributed by atoms with Crippen LogP contribution in [0.4, 0.5) is 15.8 Å². The number of hydrogen-bond donors (Lipinski definition) is 1. The van der Waals surface area contributed by atoms with Crippen LogP contribution in [0.3, 0.4) is 0 Å². The summed E-state index contributed by atoms with van der Waals surface area (Å²) in [5.41, 5.74) is 7.74. The average molecular weight is 323 g/mol. The van der Waals surface area contributed by atoms with Crippen LogP contribution in [0.25, 0.3) is 0 Å². The molecule has 2 nitrogen and oxygen atoms in total. The van der Waals surface area contributed by atoms with Gasteiger partial charge in [0.1, 0.15) is 5.82 Å². The molecule has 2 aromatic carbocycles. The lowest BCUT2D eigenvalue weighted by molar-refractivity contribution is 0.632. The van der Waals surface area contributed by atoms with E-state index >= 15 is 0 Å². The Bertz CT molecular complexity index is 572. The first-order valence-electron chi connectivity index (χ1n) is 6.07. The van der Waals surface area contributed by atoms with Gasteiger partial charge in [0.05, 0.1) is 5.69 Å². The molecule has 0 aliphatic rings. The van der Waals surface area contributed by atoms with Gasteiger partial charge >= 0.3 is 0 Å². The van der Waals surface area contributed by atoms with Crippen LogP contribution in [0.15, 0.2) is 46.9 Å². The predicted octanol–water partition coefficient (Wildman–Crippen LogP) is 3.85. The van der Waals surface area contributed by atoms with E-state index in [1.54, 1.807) is 6.07 Å². The second kappa shape index (κ2) is 6.06. The van der Waals surface area contributed by atoms with E-state index < -0.39 is 0 Å². The number of nitrogen functional groups attached to an aromatic ring is 1. The summed E-state index contributed by atoms with van der Waals surface area (Å²) in [5.74, 6) is -0.369. The summed E-state index contributed by atoms with van der Waals surface area (Å²) < 4.78 is 14.5. The molecule has 2 aromatic rings. The zero-order valence-corrected chi connectivity index (χ0v) is 12.3. The van der Waals surface area contributed by atoms with Crippen molar-refractivity contribution in [1.82, 2.24) is 0 Å². The largest absolute Gasteiger partial charge is 0.396 e. The molecule has 0 bridgehead atoms. The molecule has 0 spiro atoms. The van der Waals surface area contributed by atoms with Crippen molar-refractivity contribution in [2.24, 2.45) is 0 Å². The Hall–Kier alpha value is -1.55. The van der Waals surface area contributed by atoms with Gasteiger partial charge in [-0.2, -0.15) is 0 Å². The maximum absolute atomic E-state index is 13.4. The quantitative estimate of drug-likeness (QED) is 0.866. The Morgan fingerprint density at radius 2 is 2.00 bits per heavy atom. The van der Waals surface area contributed by atoms with Gasteiger partial charge in [-0.1, -0.05) is 28.1 Å². The van der Waals surface area contributed by atoms with E-state index in [0.717, 1.165) is 23.1 Å². The van der Waals surface area contributed by atoms with Crippen molar-refractivity contribution < 1.29 is 4.39 Å². The molecule has 100 valence electrons. The maximum Gasteiger partial charge on any atom is 0.148 e. The summed E-state index contributed by atoms with van der Waals surface area (Å²) in [6, 6.07) is 13.1. The van der Waals surface area contributed by atoms with Crippen molar-refractivity contribution in [3.8, 4) is 0 Å². The normalized spacial score (nSPS) is 10.5. The van der Waals surface area contributed by atoms with Gasteiger partial charge in [-0.15, -0.1) is 0 Å². The minimum atomic E-state index is -0.369. The zero-order chi connectivity index (χ0) is 13.8. The summed E-state index contributed by atoms with van der Waals surface area (Å²) >= 11 is 3.45. The number of likely N-dealkylation sites (N-methyl/N-ethyl adjacent to an activating group) is 1. The van der Waals surface area contributed by atoms with Gasteiger partial charge in [-0.3, -0.25) is 0 Å². The topological polar surface area (TPSA) is 29.3 Å². The SMILES string of the molecule is CN(CCc1cccc(Br)c1)c1ccc(N)c(F)c1. The number of rotatable bonds is 4. The van der Waals surface area contributed by atoms with Crippen LogP contribution in [0.2, 0.25) is 0 Å². The van der Waals surface area contributed by atoms with Gasteiger partial charge in [0.15, 0.2) is 0 Å². The van der Waals surface area contributed by atoms with E-state index in [1.807, 2.05) is 30.1 Å². The number of nitrogens with zero attached hydrogens (tertiary/aromatic N) is 1. The molecule has 0 heterocycles. The van der Waals surface area contributed by atoms with Crippen LogP contribution < -0.4 is 10.6 Å². The summed E-state index contributed by atoms with van der Waals surface area (Å²) in [5, 5.41) is 0. The first-order valence-corrected chi connectivity index (χ1v) is 6.86. The van der Waals surface area contributed by atoms with Gasteiger partial charge < -0.3 is 10.6 Å². The first-order chi connectivity index (χ1) is 9.06. The van der Waals surface area contributed by atoms with Gasteiger partial charge in [-0.25, -0.2) is 4.39 Å². The average Bonchev–Trinajstić information content (AvgIpc) is 2.39. The summed E-state index contributed by atoms with van der Waals surface area (Å²) in [6.45, 7) is 0.819. The molecule has 0 radical (unpaired) electrons. The van der Waals surface area contributed by atoms with Crippen molar-refractivity contribution in [3.63, 3.8) is 0 Å². The van der Waals surface area contributed by atoms with E-state index in [4.69, 9.17) is 5.73 Å². The molecule has 19 heavy (non-hydrogen) atoms. The number of benzene rings is 2. The fourth-order valence-electron chi connectivity index (χ4n) is 1.87. The van der Waals surface area contributed by atoms with Gasteiger partial charge in [0, 0.05) is 23.8 Å². The van der Waals surface area contributed by atoms with Crippen LogP contribution >= 0.6 is 15.9 Å². The lowest BCUT2D eigenvalue weighted by Gasteiger charge is -2.19. The Morgan fingerprint density at radius 3 is 2.68 bits per heavy atom. The molecular weight excluding hydrogens is 307 g/mol. The summed E-state index contributed by atoms with van der Waals surface area (Å²) in [6.07, 6.45) is 0.905. The lowest BCUT2D eigenvalue weighted by atomic mass is 10.1. The van der Waals surface area contributed by atoms with Gasteiger partial charge in [-0.05, 0) is 42.3 Å². The third-order valence-corrected chi connectivity index (χ3v) is 3.54. The monoisotopic (exact) mass is 322 g/mol. The Kier molecular flexibility index (Phi) is 4.43. The van der Waals surface area contributed by atoms with E-state index in [-0.39, 0.29) is 11.5 Å². The Morgan fingerprint density at radius 1 is 1.21 bits per heavy atom. The van der Waals surface area contributed by atoms with Crippen molar-refractivity contribution in [1.29, 1.82) is 0 Å². The fourth-order valence-corrected chi connectivity index (χ4v) is 2.32. The first kappa shape index (κ1) is 13.9. The summed E-state index contributed by atoms with van der Waals surface area (Å²) in [7, 11) is 1.95. The smallest absolute Gasteiger partial charge is 0.148 e. The van der Waals surface area contributed by atoms with E-state index in [9.17, 15) is 4.39 Å². The van der Waals surface area contributed by atoms with Gasteiger partial charge in [0.25, 0.3) is 0 Å². The van der Waals surface area contributed by atoms with Gasteiger partial charge in [0.2, 0.25) is 0 Å². The highest BCUT2D eigenvalue weighted by molar-refractivity contribution is 9.10. The third-order valence-electron chi connectivity index (χ3n) is 3.05. The van der Waals surface area contributed by atoms with Crippen LogP contribution in [0, 0.1) is 5.82 Å². The molecule has 0 amide bonds. The van der Waals surface area contributed by atoms with Crippen molar-refractivity contribution >= 4 is 27.3 Å². The maximum atomic E-state index is 13.4. The van der Waals surface area contributed by atoms with Crippen LogP contribution in [-0.4, -0.2) is 13.6 Å². The molecule has 0 unspecified atom stereocenters. The minimum Gasteiger partial charge on any atom is -0.396 e. The van der Waals surface area contributed by atoms with Crippen molar-refractivity contribution in [2.75, 3.05) is 24.2 Å². The lowest BCUT2D eigenvalue weighted by Crippen LogP contribution is -2.20. The Balaban J connectivity index is 2.01. The van der Waals surface area contributed by atoms with Crippen LogP contribution in [0.5, 0.6) is 0 Å². The molecule has 4 heteroatoms. The molecule has 0 atom stereocenters.